The predicted octanol–water partition coefficient (Wildman–Crippen LogP) is 3.06. The molecule has 2 N–H and O–H groups in total. The van der Waals surface area contributed by atoms with Crippen molar-refractivity contribution in [2.75, 3.05) is 30.8 Å². The molecular formula is C16H26N2O2. The zero-order valence-corrected chi connectivity index (χ0v) is 13.0. The molecule has 1 heterocycles. The van der Waals surface area contributed by atoms with Crippen LogP contribution in [0.4, 0.5) is 11.4 Å². The van der Waals surface area contributed by atoms with Gasteiger partial charge in [0.05, 0.1) is 11.7 Å². The van der Waals surface area contributed by atoms with Crippen LogP contribution < -0.4 is 15.4 Å². The lowest BCUT2D eigenvalue weighted by Gasteiger charge is -2.40. The van der Waals surface area contributed by atoms with E-state index in [9.17, 15) is 0 Å². The number of hydrogen-bond donors (Lipinski definition) is 1. The first kappa shape index (κ1) is 15.0. The summed E-state index contributed by atoms with van der Waals surface area (Å²) in [4.78, 5) is 2.33. The van der Waals surface area contributed by atoms with E-state index in [0.717, 1.165) is 43.1 Å². The maximum atomic E-state index is 6.00. The third-order valence-electron chi connectivity index (χ3n) is 3.80. The molecule has 0 bridgehead atoms. The van der Waals surface area contributed by atoms with Crippen LogP contribution in [-0.2, 0) is 4.74 Å². The summed E-state index contributed by atoms with van der Waals surface area (Å²) >= 11 is 0. The molecule has 112 valence electrons. The van der Waals surface area contributed by atoms with Gasteiger partial charge in [0.25, 0.3) is 0 Å². The second-order valence-electron chi connectivity index (χ2n) is 6.11. The number of ether oxygens (including phenoxy) is 2. The highest BCUT2D eigenvalue weighted by molar-refractivity contribution is 5.61. The summed E-state index contributed by atoms with van der Waals surface area (Å²) in [5.41, 5.74) is 7.78. The van der Waals surface area contributed by atoms with Crippen LogP contribution in [-0.4, -0.2) is 31.9 Å². The van der Waals surface area contributed by atoms with Gasteiger partial charge in [0, 0.05) is 43.7 Å². The van der Waals surface area contributed by atoms with Gasteiger partial charge in [-0.05, 0) is 39.7 Å². The topological polar surface area (TPSA) is 47.7 Å². The van der Waals surface area contributed by atoms with Crippen molar-refractivity contribution in [3.8, 4) is 5.75 Å². The summed E-state index contributed by atoms with van der Waals surface area (Å²) in [6.07, 6.45) is 2.37. The average Bonchev–Trinajstić information content (AvgIpc) is 2.37. The molecule has 0 aromatic heterocycles. The van der Waals surface area contributed by atoms with E-state index in [0.29, 0.717) is 0 Å². The zero-order valence-electron chi connectivity index (χ0n) is 13.0. The van der Waals surface area contributed by atoms with Crippen LogP contribution in [0.2, 0.25) is 0 Å². The highest BCUT2D eigenvalue weighted by Gasteiger charge is 2.31. The molecule has 1 fully saturated rings. The normalized spacial score (nSPS) is 23.1. The highest BCUT2D eigenvalue weighted by Crippen LogP contribution is 2.32. The Kier molecular flexibility index (Phi) is 4.43. The third kappa shape index (κ3) is 3.57. The number of anilines is 2. The van der Waals surface area contributed by atoms with Crippen LogP contribution in [0.1, 0.15) is 33.6 Å². The molecule has 1 aromatic carbocycles. The van der Waals surface area contributed by atoms with Crippen LogP contribution in [0.5, 0.6) is 5.75 Å². The van der Waals surface area contributed by atoms with Gasteiger partial charge >= 0.3 is 0 Å². The van der Waals surface area contributed by atoms with Crippen molar-refractivity contribution >= 4 is 11.4 Å². The van der Waals surface area contributed by atoms with E-state index < -0.39 is 0 Å². The zero-order chi connectivity index (χ0) is 14.8. The molecule has 0 spiro atoms. The molecule has 2 rings (SSSR count). The van der Waals surface area contributed by atoms with Gasteiger partial charge in [0.1, 0.15) is 5.75 Å². The Labute approximate surface area is 121 Å². The largest absolute Gasteiger partial charge is 0.491 e. The van der Waals surface area contributed by atoms with Crippen molar-refractivity contribution in [1.82, 2.24) is 0 Å². The Hall–Kier alpha value is -1.42. The maximum absolute atomic E-state index is 6.00. The van der Waals surface area contributed by atoms with Crippen molar-refractivity contribution in [1.29, 1.82) is 0 Å². The van der Waals surface area contributed by atoms with Gasteiger partial charge in [-0.3, -0.25) is 0 Å². The van der Waals surface area contributed by atoms with Crippen LogP contribution >= 0.6 is 0 Å². The van der Waals surface area contributed by atoms with Crippen molar-refractivity contribution < 1.29 is 9.47 Å². The second-order valence-corrected chi connectivity index (χ2v) is 6.11. The molecule has 1 aliphatic rings. The molecule has 1 saturated heterocycles. The summed E-state index contributed by atoms with van der Waals surface area (Å²) in [7, 11) is 1.79. The number of benzene rings is 1. The second kappa shape index (κ2) is 5.92. The minimum atomic E-state index is -0.0814. The van der Waals surface area contributed by atoms with E-state index >= 15 is 0 Å². The van der Waals surface area contributed by atoms with Gasteiger partial charge in [-0.2, -0.15) is 0 Å². The SMILES string of the molecule is COC1(C)CCCN(c2cc(N)cc(OC(C)C)c2)C1. The summed E-state index contributed by atoms with van der Waals surface area (Å²) in [5, 5.41) is 0. The molecule has 0 amide bonds. The van der Waals surface area contributed by atoms with Crippen molar-refractivity contribution in [2.24, 2.45) is 0 Å². The van der Waals surface area contributed by atoms with E-state index in [1.54, 1.807) is 7.11 Å². The summed E-state index contributed by atoms with van der Waals surface area (Å²) in [5.74, 6) is 0.833. The minimum Gasteiger partial charge on any atom is -0.491 e. The maximum Gasteiger partial charge on any atom is 0.123 e. The molecule has 4 nitrogen and oxygen atoms in total. The monoisotopic (exact) mass is 278 g/mol. The molecule has 1 aliphatic heterocycles. The Balaban J connectivity index is 2.21. The van der Waals surface area contributed by atoms with E-state index in [4.69, 9.17) is 15.2 Å². The average molecular weight is 278 g/mol. The first-order valence-electron chi connectivity index (χ1n) is 7.29. The van der Waals surface area contributed by atoms with E-state index in [1.165, 1.54) is 0 Å². The van der Waals surface area contributed by atoms with Gasteiger partial charge in [-0.25, -0.2) is 0 Å². The summed E-state index contributed by atoms with van der Waals surface area (Å²) in [6.45, 7) is 8.12. The van der Waals surface area contributed by atoms with E-state index in [2.05, 4.69) is 17.9 Å². The van der Waals surface area contributed by atoms with Gasteiger partial charge in [0.2, 0.25) is 0 Å². The summed E-state index contributed by atoms with van der Waals surface area (Å²) < 4.78 is 11.4. The Morgan fingerprint density at radius 2 is 2.05 bits per heavy atom. The summed E-state index contributed by atoms with van der Waals surface area (Å²) in [6, 6.07) is 5.95. The molecule has 1 unspecified atom stereocenters. The Bertz CT molecular complexity index is 462. The lowest BCUT2D eigenvalue weighted by Crippen LogP contribution is -2.47. The van der Waals surface area contributed by atoms with Gasteiger partial charge in [-0.1, -0.05) is 0 Å². The fourth-order valence-corrected chi connectivity index (χ4v) is 2.72. The standard InChI is InChI=1S/C16H26N2O2/c1-12(2)20-15-9-13(17)8-14(10-15)18-7-5-6-16(3,11-18)19-4/h8-10,12H,5-7,11,17H2,1-4H3. The number of nitrogens with zero attached hydrogens (tertiary/aromatic N) is 1. The molecule has 1 aromatic rings. The lowest BCUT2D eigenvalue weighted by atomic mass is 9.94. The quantitative estimate of drug-likeness (QED) is 0.860. The fraction of sp³-hybridized carbons (Fsp3) is 0.625. The molecule has 1 atom stereocenters. The number of rotatable bonds is 4. The number of piperidine rings is 1. The van der Waals surface area contributed by atoms with Crippen molar-refractivity contribution in [3.63, 3.8) is 0 Å². The fourth-order valence-electron chi connectivity index (χ4n) is 2.72. The minimum absolute atomic E-state index is 0.0814. The van der Waals surface area contributed by atoms with Crippen molar-refractivity contribution in [3.05, 3.63) is 18.2 Å². The predicted molar refractivity (Wildman–Crippen MR) is 83.5 cm³/mol. The third-order valence-corrected chi connectivity index (χ3v) is 3.80. The number of hydrogen-bond acceptors (Lipinski definition) is 4. The first-order valence-corrected chi connectivity index (χ1v) is 7.29. The molecule has 0 radical (unpaired) electrons. The van der Waals surface area contributed by atoms with E-state index in [-0.39, 0.29) is 11.7 Å². The molecule has 0 aliphatic carbocycles. The van der Waals surface area contributed by atoms with Gasteiger partial charge in [0.15, 0.2) is 0 Å². The van der Waals surface area contributed by atoms with Gasteiger partial charge < -0.3 is 20.1 Å². The molecule has 4 heteroatoms. The van der Waals surface area contributed by atoms with E-state index in [1.807, 2.05) is 26.0 Å². The van der Waals surface area contributed by atoms with Crippen LogP contribution in [0.25, 0.3) is 0 Å². The number of nitrogens with two attached hydrogens (primary N) is 1. The van der Waals surface area contributed by atoms with Crippen LogP contribution in [0.15, 0.2) is 18.2 Å². The smallest absolute Gasteiger partial charge is 0.123 e. The molecule has 20 heavy (non-hydrogen) atoms. The number of methoxy groups -OCH3 is 1. The van der Waals surface area contributed by atoms with Crippen LogP contribution in [0.3, 0.4) is 0 Å². The Morgan fingerprint density at radius 1 is 1.30 bits per heavy atom. The first-order chi connectivity index (χ1) is 9.42. The highest BCUT2D eigenvalue weighted by atomic mass is 16.5. The van der Waals surface area contributed by atoms with Crippen LogP contribution in [0, 0.1) is 0 Å². The Morgan fingerprint density at radius 3 is 2.70 bits per heavy atom. The number of nitrogen functional groups attached to an aromatic ring is 1. The molecular weight excluding hydrogens is 252 g/mol. The van der Waals surface area contributed by atoms with Crippen molar-refractivity contribution in [2.45, 2.75) is 45.3 Å². The van der Waals surface area contributed by atoms with Gasteiger partial charge in [-0.15, -0.1) is 0 Å². The molecule has 0 saturated carbocycles. The lowest BCUT2D eigenvalue weighted by molar-refractivity contribution is -0.00466.